The van der Waals surface area contributed by atoms with E-state index in [1.165, 1.54) is 12.1 Å². The summed E-state index contributed by atoms with van der Waals surface area (Å²) in [5.41, 5.74) is 1.13. The molecule has 0 unspecified atom stereocenters. The van der Waals surface area contributed by atoms with Crippen LogP contribution in [0.5, 0.6) is 0 Å². The van der Waals surface area contributed by atoms with Crippen molar-refractivity contribution in [1.82, 2.24) is 4.90 Å². The normalized spacial score (nSPS) is 16.6. The van der Waals surface area contributed by atoms with Gasteiger partial charge in [0.05, 0.1) is 23.2 Å². The molecule has 1 saturated heterocycles. The molecule has 0 spiro atoms. The molecular weight excluding hydrogens is 375 g/mol. The molecule has 135 valence electrons. The highest BCUT2D eigenvalue weighted by atomic mass is 35.5. The van der Waals surface area contributed by atoms with Crippen molar-refractivity contribution in [1.29, 1.82) is 0 Å². The Bertz CT molecular complexity index is 841. The van der Waals surface area contributed by atoms with Crippen molar-refractivity contribution in [3.8, 4) is 0 Å². The predicted molar refractivity (Wildman–Crippen MR) is 101 cm³/mol. The van der Waals surface area contributed by atoms with Crippen LogP contribution in [0, 0.1) is 6.07 Å². The summed E-state index contributed by atoms with van der Waals surface area (Å²) in [4.78, 5) is 26.7. The number of nitrogens with one attached hydrogen (secondary N) is 1. The molecule has 0 saturated carbocycles. The van der Waals surface area contributed by atoms with Crippen LogP contribution in [0.1, 0.15) is 33.6 Å². The molecule has 2 aromatic carbocycles. The van der Waals surface area contributed by atoms with E-state index in [2.05, 4.69) is 11.4 Å². The molecule has 2 N–H and O–H groups in total. The quantitative estimate of drug-likeness (QED) is 0.835. The fourth-order valence-corrected chi connectivity index (χ4v) is 3.49. The number of benzene rings is 2. The summed E-state index contributed by atoms with van der Waals surface area (Å²) >= 11 is 11.9. The molecule has 1 aliphatic heterocycles. The first-order valence-corrected chi connectivity index (χ1v) is 8.94. The topological polar surface area (TPSA) is 69.6 Å². The number of aliphatic hydroxyl groups excluding tert-OH is 1. The number of halogens is 2. The third-order valence-electron chi connectivity index (χ3n) is 4.32. The molecule has 5 nitrogen and oxygen atoms in total. The van der Waals surface area contributed by atoms with E-state index in [0.717, 1.165) is 12.8 Å². The van der Waals surface area contributed by atoms with E-state index >= 15 is 0 Å². The molecule has 3 rings (SSSR count). The summed E-state index contributed by atoms with van der Waals surface area (Å²) in [5, 5.41) is 12.8. The SMILES string of the molecule is O=C(Nc1c[c]cc(C(=O)N2CCC[C@H]2CO)c1)c1ccc(Cl)cc1Cl. The smallest absolute Gasteiger partial charge is 0.257 e. The van der Waals surface area contributed by atoms with Crippen LogP contribution >= 0.6 is 23.2 Å². The monoisotopic (exact) mass is 391 g/mol. The lowest BCUT2D eigenvalue weighted by molar-refractivity contribution is 0.0677. The number of anilines is 1. The molecule has 1 heterocycles. The number of likely N-dealkylation sites (tertiary alicyclic amines) is 1. The van der Waals surface area contributed by atoms with Crippen molar-refractivity contribution in [3.05, 3.63) is 63.6 Å². The second-order valence-corrected chi connectivity index (χ2v) is 6.91. The molecule has 1 radical (unpaired) electrons. The Morgan fingerprint density at radius 1 is 1.27 bits per heavy atom. The van der Waals surface area contributed by atoms with Gasteiger partial charge in [-0.3, -0.25) is 9.59 Å². The minimum atomic E-state index is -0.404. The zero-order valence-electron chi connectivity index (χ0n) is 13.8. The Morgan fingerprint density at radius 2 is 2.08 bits per heavy atom. The Labute approximate surface area is 161 Å². The van der Waals surface area contributed by atoms with Gasteiger partial charge in [-0.2, -0.15) is 0 Å². The molecule has 7 heteroatoms. The highest BCUT2D eigenvalue weighted by Gasteiger charge is 2.28. The van der Waals surface area contributed by atoms with E-state index in [1.54, 1.807) is 29.2 Å². The highest BCUT2D eigenvalue weighted by Crippen LogP contribution is 2.23. The Kier molecular flexibility index (Phi) is 5.81. The second kappa shape index (κ2) is 8.08. The Morgan fingerprint density at radius 3 is 2.81 bits per heavy atom. The summed E-state index contributed by atoms with van der Waals surface area (Å²) in [6.07, 6.45) is 1.66. The van der Waals surface area contributed by atoms with Crippen LogP contribution in [0.15, 0.2) is 36.4 Å². The fraction of sp³-hybridized carbons (Fsp3) is 0.263. The minimum Gasteiger partial charge on any atom is -0.394 e. The van der Waals surface area contributed by atoms with Crippen LogP contribution in [0.25, 0.3) is 0 Å². The molecule has 1 aliphatic rings. The largest absolute Gasteiger partial charge is 0.394 e. The lowest BCUT2D eigenvalue weighted by Crippen LogP contribution is -2.37. The van der Waals surface area contributed by atoms with Crippen LogP contribution in [0.4, 0.5) is 5.69 Å². The van der Waals surface area contributed by atoms with Crippen molar-refractivity contribution in [3.63, 3.8) is 0 Å². The van der Waals surface area contributed by atoms with Gasteiger partial charge in [0.1, 0.15) is 0 Å². The molecule has 1 atom stereocenters. The van der Waals surface area contributed by atoms with E-state index in [1.807, 2.05) is 0 Å². The van der Waals surface area contributed by atoms with Crippen LogP contribution in [-0.2, 0) is 0 Å². The first-order valence-electron chi connectivity index (χ1n) is 8.19. The average Bonchev–Trinajstić information content (AvgIpc) is 3.09. The van der Waals surface area contributed by atoms with E-state index in [9.17, 15) is 14.7 Å². The molecular formula is C19H17Cl2N2O3. The third-order valence-corrected chi connectivity index (χ3v) is 4.87. The van der Waals surface area contributed by atoms with Crippen LogP contribution < -0.4 is 5.32 Å². The molecule has 0 aromatic heterocycles. The van der Waals surface area contributed by atoms with Gasteiger partial charge in [-0.25, -0.2) is 0 Å². The number of amides is 2. The number of hydrogen-bond donors (Lipinski definition) is 2. The van der Waals surface area contributed by atoms with E-state index < -0.39 is 5.91 Å². The summed E-state index contributed by atoms with van der Waals surface area (Å²) < 4.78 is 0. The molecule has 2 aromatic rings. The zero-order chi connectivity index (χ0) is 18.7. The van der Waals surface area contributed by atoms with Gasteiger partial charge in [-0.1, -0.05) is 23.2 Å². The number of nitrogens with zero attached hydrogens (tertiary/aromatic N) is 1. The number of aliphatic hydroxyl groups is 1. The van der Waals surface area contributed by atoms with Crippen molar-refractivity contribution in [2.45, 2.75) is 18.9 Å². The second-order valence-electron chi connectivity index (χ2n) is 6.07. The van der Waals surface area contributed by atoms with Gasteiger partial charge in [0.25, 0.3) is 11.8 Å². The average molecular weight is 392 g/mol. The van der Waals surface area contributed by atoms with Gasteiger partial charge in [-0.05, 0) is 55.3 Å². The van der Waals surface area contributed by atoms with Crippen LogP contribution in [0.3, 0.4) is 0 Å². The first-order chi connectivity index (χ1) is 12.5. The first kappa shape index (κ1) is 18.7. The minimum absolute atomic E-state index is 0.0546. The van der Waals surface area contributed by atoms with Crippen molar-refractivity contribution >= 4 is 40.7 Å². The highest BCUT2D eigenvalue weighted by molar-refractivity contribution is 6.37. The fourth-order valence-electron chi connectivity index (χ4n) is 3.00. The van der Waals surface area contributed by atoms with Crippen LogP contribution in [0.2, 0.25) is 10.0 Å². The Hall–Kier alpha value is -2.08. The lowest BCUT2D eigenvalue weighted by atomic mass is 10.1. The van der Waals surface area contributed by atoms with Crippen molar-refractivity contribution < 1.29 is 14.7 Å². The van der Waals surface area contributed by atoms with E-state index in [-0.39, 0.29) is 29.1 Å². The van der Waals surface area contributed by atoms with E-state index in [4.69, 9.17) is 23.2 Å². The Balaban J connectivity index is 1.77. The summed E-state index contributed by atoms with van der Waals surface area (Å²) in [5.74, 6) is -0.586. The maximum atomic E-state index is 12.7. The lowest BCUT2D eigenvalue weighted by Gasteiger charge is -2.23. The van der Waals surface area contributed by atoms with Crippen molar-refractivity contribution in [2.75, 3.05) is 18.5 Å². The van der Waals surface area contributed by atoms with Gasteiger partial charge < -0.3 is 15.3 Å². The summed E-state index contributed by atoms with van der Waals surface area (Å²) in [6.45, 7) is 0.558. The number of rotatable bonds is 4. The van der Waals surface area contributed by atoms with Gasteiger partial charge in [-0.15, -0.1) is 0 Å². The summed E-state index contributed by atoms with van der Waals surface area (Å²) in [6, 6.07) is 12.1. The van der Waals surface area contributed by atoms with Gasteiger partial charge in [0, 0.05) is 22.8 Å². The molecule has 2 amide bonds. The van der Waals surface area contributed by atoms with Gasteiger partial charge >= 0.3 is 0 Å². The van der Waals surface area contributed by atoms with Gasteiger partial charge in [0.2, 0.25) is 0 Å². The van der Waals surface area contributed by atoms with Crippen molar-refractivity contribution in [2.24, 2.45) is 0 Å². The van der Waals surface area contributed by atoms with Crippen LogP contribution in [-0.4, -0.2) is 41.0 Å². The van der Waals surface area contributed by atoms with E-state index in [0.29, 0.717) is 22.8 Å². The predicted octanol–water partition coefficient (Wildman–Crippen LogP) is 3.64. The maximum Gasteiger partial charge on any atom is 0.257 e. The number of hydrogen-bond acceptors (Lipinski definition) is 3. The summed E-state index contributed by atoms with van der Waals surface area (Å²) in [7, 11) is 0. The number of carbonyl (C=O) groups excluding carboxylic acids is 2. The third kappa shape index (κ3) is 4.01. The molecule has 0 aliphatic carbocycles. The number of carbonyl (C=O) groups is 2. The standard InChI is InChI=1S/C19H17Cl2N2O3/c20-13-6-7-16(17(21)10-13)18(25)22-14-4-1-3-12(9-14)19(26)23-8-2-5-15(23)11-24/h3-4,6-7,9-10,15,24H,2,5,8,11H2,(H,22,25)/t15-/m0/s1. The molecule has 26 heavy (non-hydrogen) atoms. The molecule has 1 fully saturated rings. The maximum absolute atomic E-state index is 12.7. The molecule has 0 bridgehead atoms. The van der Waals surface area contributed by atoms with Gasteiger partial charge in [0.15, 0.2) is 0 Å². The zero-order valence-corrected chi connectivity index (χ0v) is 15.3.